The molecule has 0 atom stereocenters. The van der Waals surface area contributed by atoms with Gasteiger partial charge in [-0.05, 0) is 30.5 Å². The number of hydrogen-bond donors (Lipinski definition) is 1. The van der Waals surface area contributed by atoms with E-state index < -0.39 is 0 Å². The fourth-order valence-electron chi connectivity index (χ4n) is 1.55. The maximum absolute atomic E-state index is 6.08. The monoisotopic (exact) mass is 207 g/mol. The van der Waals surface area contributed by atoms with Gasteiger partial charge in [-0.3, -0.25) is 0 Å². The normalized spacial score (nSPS) is 17.5. The van der Waals surface area contributed by atoms with Crippen LogP contribution in [-0.4, -0.2) is 20.3 Å². The lowest BCUT2D eigenvalue weighted by Crippen LogP contribution is -2.18. The molecule has 2 rings (SSSR count). The van der Waals surface area contributed by atoms with E-state index in [0.717, 1.165) is 18.6 Å². The molecule has 15 heavy (non-hydrogen) atoms. The highest BCUT2D eigenvalue weighted by Crippen LogP contribution is 2.42. The van der Waals surface area contributed by atoms with Gasteiger partial charge in [-0.15, -0.1) is 0 Å². The van der Waals surface area contributed by atoms with Crippen LogP contribution in [0.3, 0.4) is 0 Å². The first-order chi connectivity index (χ1) is 7.24. The van der Waals surface area contributed by atoms with Crippen molar-refractivity contribution >= 4 is 0 Å². The number of nitrogens with two attached hydrogens (primary N) is 1. The standard InChI is InChI=1S/C12H17NO2/c1-14-8-9-15-11-4-2-10(3-5-11)12(13)6-7-12/h2-5H,6-9,13H2,1H3. The van der Waals surface area contributed by atoms with E-state index in [9.17, 15) is 0 Å². The Morgan fingerprint density at radius 1 is 1.20 bits per heavy atom. The highest BCUT2D eigenvalue weighted by molar-refractivity contribution is 5.34. The fourth-order valence-corrected chi connectivity index (χ4v) is 1.55. The van der Waals surface area contributed by atoms with Crippen molar-refractivity contribution in [1.82, 2.24) is 0 Å². The Morgan fingerprint density at radius 3 is 2.40 bits per heavy atom. The van der Waals surface area contributed by atoms with Crippen LogP contribution in [0.15, 0.2) is 24.3 Å². The summed E-state index contributed by atoms with van der Waals surface area (Å²) in [6, 6.07) is 8.04. The smallest absolute Gasteiger partial charge is 0.119 e. The van der Waals surface area contributed by atoms with Crippen LogP contribution in [0.5, 0.6) is 5.75 Å². The van der Waals surface area contributed by atoms with E-state index in [2.05, 4.69) is 12.1 Å². The van der Waals surface area contributed by atoms with E-state index in [-0.39, 0.29) is 5.54 Å². The fraction of sp³-hybridized carbons (Fsp3) is 0.500. The van der Waals surface area contributed by atoms with Crippen molar-refractivity contribution < 1.29 is 9.47 Å². The van der Waals surface area contributed by atoms with Crippen molar-refractivity contribution in [3.63, 3.8) is 0 Å². The molecule has 0 aliphatic heterocycles. The molecular weight excluding hydrogens is 190 g/mol. The lowest BCUT2D eigenvalue weighted by atomic mass is 10.1. The zero-order valence-electron chi connectivity index (χ0n) is 9.03. The Bertz CT molecular complexity index is 317. The zero-order chi connectivity index (χ0) is 10.7. The third-order valence-corrected chi connectivity index (χ3v) is 2.77. The third kappa shape index (κ3) is 2.49. The van der Waals surface area contributed by atoms with Gasteiger partial charge in [0.05, 0.1) is 6.61 Å². The van der Waals surface area contributed by atoms with E-state index in [1.807, 2.05) is 12.1 Å². The summed E-state index contributed by atoms with van der Waals surface area (Å²) < 4.78 is 10.4. The lowest BCUT2D eigenvalue weighted by molar-refractivity contribution is 0.146. The van der Waals surface area contributed by atoms with Crippen LogP contribution in [0.25, 0.3) is 0 Å². The van der Waals surface area contributed by atoms with Gasteiger partial charge in [0.2, 0.25) is 0 Å². The summed E-state index contributed by atoms with van der Waals surface area (Å²) in [5, 5.41) is 0. The summed E-state index contributed by atoms with van der Waals surface area (Å²) in [5.41, 5.74) is 7.24. The lowest BCUT2D eigenvalue weighted by Gasteiger charge is -2.10. The molecule has 1 fully saturated rings. The zero-order valence-corrected chi connectivity index (χ0v) is 9.03. The topological polar surface area (TPSA) is 44.5 Å². The van der Waals surface area contributed by atoms with Gasteiger partial charge in [0, 0.05) is 12.6 Å². The summed E-state index contributed by atoms with van der Waals surface area (Å²) in [6.45, 7) is 1.20. The average molecular weight is 207 g/mol. The van der Waals surface area contributed by atoms with Crippen LogP contribution in [0.4, 0.5) is 0 Å². The minimum Gasteiger partial charge on any atom is -0.491 e. The largest absolute Gasteiger partial charge is 0.491 e. The maximum atomic E-state index is 6.08. The number of methoxy groups -OCH3 is 1. The number of ether oxygens (including phenoxy) is 2. The number of rotatable bonds is 5. The quantitative estimate of drug-likeness (QED) is 0.747. The van der Waals surface area contributed by atoms with E-state index in [1.54, 1.807) is 7.11 Å². The molecule has 1 aliphatic rings. The SMILES string of the molecule is COCCOc1ccc(C2(N)CC2)cc1. The molecule has 0 radical (unpaired) electrons. The Morgan fingerprint density at radius 2 is 1.87 bits per heavy atom. The first-order valence-electron chi connectivity index (χ1n) is 5.26. The molecule has 0 heterocycles. The van der Waals surface area contributed by atoms with Crippen LogP contribution >= 0.6 is 0 Å². The second kappa shape index (κ2) is 4.21. The van der Waals surface area contributed by atoms with Gasteiger partial charge in [-0.1, -0.05) is 12.1 Å². The number of hydrogen-bond acceptors (Lipinski definition) is 3. The van der Waals surface area contributed by atoms with Gasteiger partial charge in [-0.2, -0.15) is 0 Å². The Kier molecular flexibility index (Phi) is 2.93. The molecule has 1 aromatic rings. The summed E-state index contributed by atoms with van der Waals surface area (Å²) in [5.74, 6) is 0.875. The average Bonchev–Trinajstić information content (AvgIpc) is 2.99. The van der Waals surface area contributed by atoms with Gasteiger partial charge >= 0.3 is 0 Å². The van der Waals surface area contributed by atoms with Crippen LogP contribution < -0.4 is 10.5 Å². The predicted octanol–water partition coefficient (Wildman–Crippen LogP) is 1.66. The van der Waals surface area contributed by atoms with E-state index in [4.69, 9.17) is 15.2 Å². The molecule has 0 unspecified atom stereocenters. The molecule has 1 aliphatic carbocycles. The van der Waals surface area contributed by atoms with Crippen molar-refractivity contribution in [1.29, 1.82) is 0 Å². The van der Waals surface area contributed by atoms with Crippen LogP contribution in [-0.2, 0) is 10.3 Å². The Labute approximate surface area is 90.2 Å². The van der Waals surface area contributed by atoms with Gasteiger partial charge < -0.3 is 15.2 Å². The highest BCUT2D eigenvalue weighted by atomic mass is 16.5. The minimum absolute atomic E-state index is 0.0505. The molecule has 3 nitrogen and oxygen atoms in total. The molecule has 0 saturated heterocycles. The van der Waals surface area contributed by atoms with Crippen molar-refractivity contribution in [2.75, 3.05) is 20.3 Å². The van der Waals surface area contributed by atoms with Crippen LogP contribution in [0.1, 0.15) is 18.4 Å². The van der Waals surface area contributed by atoms with Crippen molar-refractivity contribution in [2.45, 2.75) is 18.4 Å². The van der Waals surface area contributed by atoms with Crippen molar-refractivity contribution in [2.24, 2.45) is 5.73 Å². The van der Waals surface area contributed by atoms with Crippen molar-refractivity contribution in [3.8, 4) is 5.75 Å². The minimum atomic E-state index is -0.0505. The molecule has 0 spiro atoms. The second-order valence-electron chi connectivity index (χ2n) is 4.02. The second-order valence-corrected chi connectivity index (χ2v) is 4.02. The predicted molar refractivity (Wildman–Crippen MR) is 58.9 cm³/mol. The highest BCUT2D eigenvalue weighted by Gasteiger charge is 2.39. The first-order valence-corrected chi connectivity index (χ1v) is 5.26. The summed E-state index contributed by atoms with van der Waals surface area (Å²) in [7, 11) is 1.66. The van der Waals surface area contributed by atoms with Gasteiger partial charge in [0.1, 0.15) is 12.4 Å². The van der Waals surface area contributed by atoms with E-state index in [1.165, 1.54) is 5.56 Å². The molecule has 0 bridgehead atoms. The Balaban J connectivity index is 1.92. The summed E-state index contributed by atoms with van der Waals surface area (Å²) in [6.07, 6.45) is 2.19. The molecule has 1 aromatic carbocycles. The van der Waals surface area contributed by atoms with Crippen molar-refractivity contribution in [3.05, 3.63) is 29.8 Å². The van der Waals surface area contributed by atoms with E-state index >= 15 is 0 Å². The molecule has 1 saturated carbocycles. The van der Waals surface area contributed by atoms with Crippen LogP contribution in [0, 0.1) is 0 Å². The maximum Gasteiger partial charge on any atom is 0.119 e. The third-order valence-electron chi connectivity index (χ3n) is 2.77. The molecule has 3 heteroatoms. The Hall–Kier alpha value is -1.06. The summed E-state index contributed by atoms with van der Waals surface area (Å²) in [4.78, 5) is 0. The molecule has 0 aromatic heterocycles. The molecular formula is C12H17NO2. The van der Waals surface area contributed by atoms with Gasteiger partial charge in [0.25, 0.3) is 0 Å². The van der Waals surface area contributed by atoms with Gasteiger partial charge in [-0.25, -0.2) is 0 Å². The van der Waals surface area contributed by atoms with Crippen LogP contribution in [0.2, 0.25) is 0 Å². The van der Waals surface area contributed by atoms with Gasteiger partial charge in [0.15, 0.2) is 0 Å². The van der Waals surface area contributed by atoms with E-state index in [0.29, 0.717) is 13.2 Å². The molecule has 82 valence electrons. The molecule has 2 N–H and O–H groups in total. The number of benzene rings is 1. The summed E-state index contributed by atoms with van der Waals surface area (Å²) >= 11 is 0. The molecule has 0 amide bonds. The first kappa shape index (κ1) is 10.5.